The number of rotatable bonds is 5. The maximum absolute atomic E-state index is 13.4. The molecule has 0 aromatic heterocycles. The van der Waals surface area contributed by atoms with Crippen LogP contribution in [0.15, 0.2) is 53.4 Å². The monoisotopic (exact) mass is 424 g/mol. The molecule has 1 heterocycles. The summed E-state index contributed by atoms with van der Waals surface area (Å²) < 4.78 is 40.6. The number of hydrogen-bond donors (Lipinski definition) is 1. The van der Waals surface area contributed by atoms with Crippen molar-refractivity contribution < 1.29 is 17.6 Å². The Morgan fingerprint density at radius 3 is 2.64 bits per heavy atom. The smallest absolute Gasteiger partial charge is 0.243 e. The second-order valence-corrected chi connectivity index (χ2v) is 9.59. The van der Waals surface area contributed by atoms with Crippen LogP contribution in [0.4, 0.5) is 4.39 Å². The largest absolute Gasteiger partial charge is 0.352 e. The highest BCUT2D eigenvalue weighted by atomic mass is 35.5. The number of carbonyl (C=O) groups is 1. The normalized spacial score (nSPS) is 20.7. The number of nitrogens with one attached hydrogen (secondary N) is 1. The van der Waals surface area contributed by atoms with Gasteiger partial charge in [-0.25, -0.2) is 12.8 Å². The predicted octanol–water partition coefficient (Wildman–Crippen LogP) is 3.59. The van der Waals surface area contributed by atoms with E-state index < -0.39 is 21.3 Å². The number of sulfonamides is 1. The van der Waals surface area contributed by atoms with Crippen LogP contribution in [0, 0.1) is 11.2 Å². The van der Waals surface area contributed by atoms with Gasteiger partial charge >= 0.3 is 0 Å². The van der Waals surface area contributed by atoms with Gasteiger partial charge in [-0.05, 0) is 43.5 Å². The molecule has 1 aliphatic rings. The third-order valence-corrected chi connectivity index (χ3v) is 7.17. The number of benzene rings is 2. The molecule has 2 aromatic carbocycles. The molecule has 1 N–H and O–H groups in total. The second-order valence-electron chi connectivity index (χ2n) is 7.25. The average Bonchev–Trinajstić information content (AvgIpc) is 2.69. The molecule has 8 heteroatoms. The van der Waals surface area contributed by atoms with Crippen molar-refractivity contribution in [1.82, 2.24) is 9.62 Å². The van der Waals surface area contributed by atoms with E-state index in [1.807, 2.05) is 30.3 Å². The standard InChI is InChI=1S/C20H22ClFN2O3S/c1-20(19(25)23-13-15-6-3-2-4-7-15)10-5-11-24(14-20)28(26,27)16-8-9-18(22)17(21)12-16/h2-4,6-9,12H,5,10-11,13-14H2,1H3,(H,23,25)/t20-/m1/s1. The van der Waals surface area contributed by atoms with Crippen LogP contribution in [0.25, 0.3) is 0 Å². The third-order valence-electron chi connectivity index (χ3n) is 5.03. The Hall–Kier alpha value is -1.96. The van der Waals surface area contributed by atoms with Gasteiger partial charge in [0.15, 0.2) is 0 Å². The lowest BCUT2D eigenvalue weighted by Gasteiger charge is -2.38. The average molecular weight is 425 g/mol. The van der Waals surface area contributed by atoms with Crippen molar-refractivity contribution in [3.63, 3.8) is 0 Å². The quantitative estimate of drug-likeness (QED) is 0.797. The van der Waals surface area contributed by atoms with Gasteiger partial charge < -0.3 is 5.32 Å². The van der Waals surface area contributed by atoms with Crippen LogP contribution in [0.1, 0.15) is 25.3 Å². The SMILES string of the molecule is C[C@@]1(C(=O)NCc2ccccc2)CCCN(S(=O)(=O)c2ccc(F)c(Cl)c2)C1. The maximum atomic E-state index is 13.4. The molecule has 1 fully saturated rings. The van der Waals surface area contributed by atoms with Crippen molar-refractivity contribution in [2.75, 3.05) is 13.1 Å². The third kappa shape index (κ3) is 4.37. The van der Waals surface area contributed by atoms with Crippen molar-refractivity contribution >= 4 is 27.5 Å². The Kier molecular flexibility index (Phi) is 6.07. The van der Waals surface area contributed by atoms with Crippen molar-refractivity contribution in [1.29, 1.82) is 0 Å². The first-order valence-electron chi connectivity index (χ1n) is 9.00. The predicted molar refractivity (Wildman–Crippen MR) is 106 cm³/mol. The fourth-order valence-electron chi connectivity index (χ4n) is 3.36. The summed E-state index contributed by atoms with van der Waals surface area (Å²) in [7, 11) is -3.87. The molecular formula is C20H22ClFN2O3S. The van der Waals surface area contributed by atoms with Crippen LogP contribution in [0.3, 0.4) is 0 Å². The van der Waals surface area contributed by atoms with Gasteiger partial charge in [0.25, 0.3) is 0 Å². The number of piperidine rings is 1. The lowest BCUT2D eigenvalue weighted by molar-refractivity contribution is -0.132. The summed E-state index contributed by atoms with van der Waals surface area (Å²) >= 11 is 5.74. The first kappa shape index (κ1) is 20.8. The molecule has 0 unspecified atom stereocenters. The maximum Gasteiger partial charge on any atom is 0.243 e. The molecule has 0 aliphatic carbocycles. The van der Waals surface area contributed by atoms with Gasteiger partial charge in [-0.3, -0.25) is 4.79 Å². The molecule has 0 saturated carbocycles. The molecule has 2 aromatic rings. The zero-order valence-electron chi connectivity index (χ0n) is 15.5. The molecular weight excluding hydrogens is 403 g/mol. The summed E-state index contributed by atoms with van der Waals surface area (Å²) in [5, 5.41) is 2.66. The Bertz CT molecular complexity index is 969. The fourth-order valence-corrected chi connectivity index (χ4v) is 5.24. The van der Waals surface area contributed by atoms with Crippen LogP contribution >= 0.6 is 11.6 Å². The minimum Gasteiger partial charge on any atom is -0.352 e. The molecule has 0 radical (unpaired) electrons. The van der Waals surface area contributed by atoms with Gasteiger partial charge in [-0.1, -0.05) is 41.9 Å². The molecule has 3 rings (SSSR count). The van der Waals surface area contributed by atoms with E-state index in [-0.39, 0.29) is 22.4 Å². The molecule has 1 atom stereocenters. The first-order chi connectivity index (χ1) is 13.2. The molecule has 5 nitrogen and oxygen atoms in total. The van der Waals surface area contributed by atoms with Crippen molar-refractivity contribution in [2.24, 2.45) is 5.41 Å². The zero-order chi connectivity index (χ0) is 20.4. The number of amides is 1. The van der Waals surface area contributed by atoms with Crippen LogP contribution in [0.5, 0.6) is 0 Å². The highest BCUT2D eigenvalue weighted by Gasteiger charge is 2.41. The van der Waals surface area contributed by atoms with E-state index in [0.29, 0.717) is 25.9 Å². The number of halogens is 2. The van der Waals surface area contributed by atoms with E-state index in [2.05, 4.69) is 5.32 Å². The summed E-state index contributed by atoms with van der Waals surface area (Å²) in [6, 6.07) is 12.9. The van der Waals surface area contributed by atoms with Crippen LogP contribution in [0.2, 0.25) is 5.02 Å². The van der Waals surface area contributed by atoms with E-state index in [9.17, 15) is 17.6 Å². The van der Waals surface area contributed by atoms with E-state index in [1.54, 1.807) is 6.92 Å². The highest BCUT2D eigenvalue weighted by Crippen LogP contribution is 2.33. The first-order valence-corrected chi connectivity index (χ1v) is 10.8. The Morgan fingerprint density at radius 2 is 1.96 bits per heavy atom. The lowest BCUT2D eigenvalue weighted by Crippen LogP contribution is -2.51. The van der Waals surface area contributed by atoms with Crippen LogP contribution in [-0.4, -0.2) is 31.7 Å². The minimum atomic E-state index is -3.87. The number of nitrogens with zero attached hydrogens (tertiary/aromatic N) is 1. The van der Waals surface area contributed by atoms with E-state index >= 15 is 0 Å². The Balaban J connectivity index is 1.74. The zero-order valence-corrected chi connectivity index (χ0v) is 17.1. The van der Waals surface area contributed by atoms with Crippen LogP contribution < -0.4 is 5.32 Å². The van der Waals surface area contributed by atoms with E-state index in [1.165, 1.54) is 10.4 Å². The van der Waals surface area contributed by atoms with Gasteiger partial charge in [-0.2, -0.15) is 4.31 Å². The van der Waals surface area contributed by atoms with Gasteiger partial charge in [0.05, 0.1) is 15.3 Å². The molecule has 0 spiro atoms. The van der Waals surface area contributed by atoms with Crippen LogP contribution in [-0.2, 0) is 21.4 Å². The molecule has 28 heavy (non-hydrogen) atoms. The van der Waals surface area contributed by atoms with E-state index in [0.717, 1.165) is 17.7 Å². The summed E-state index contributed by atoms with van der Waals surface area (Å²) in [4.78, 5) is 12.7. The molecule has 1 saturated heterocycles. The van der Waals surface area contributed by atoms with Gasteiger partial charge in [0.2, 0.25) is 15.9 Å². The Labute approximate surface area is 169 Å². The van der Waals surface area contributed by atoms with Crippen molar-refractivity contribution in [3.05, 3.63) is 64.9 Å². The summed E-state index contributed by atoms with van der Waals surface area (Å²) in [6.45, 7) is 2.52. The van der Waals surface area contributed by atoms with Gasteiger partial charge in [0, 0.05) is 19.6 Å². The molecule has 1 amide bonds. The molecule has 150 valence electrons. The Morgan fingerprint density at radius 1 is 1.25 bits per heavy atom. The molecule has 0 bridgehead atoms. The summed E-state index contributed by atoms with van der Waals surface area (Å²) in [5.41, 5.74) is 0.130. The molecule has 1 aliphatic heterocycles. The fraction of sp³-hybridized carbons (Fsp3) is 0.350. The lowest BCUT2D eigenvalue weighted by atomic mass is 9.82. The summed E-state index contributed by atoms with van der Waals surface area (Å²) in [5.74, 6) is -0.863. The highest BCUT2D eigenvalue weighted by molar-refractivity contribution is 7.89. The minimum absolute atomic E-state index is 0.0605. The summed E-state index contributed by atoms with van der Waals surface area (Å²) in [6.07, 6.45) is 1.15. The topological polar surface area (TPSA) is 66.5 Å². The van der Waals surface area contributed by atoms with Crippen molar-refractivity contribution in [2.45, 2.75) is 31.2 Å². The number of hydrogen-bond acceptors (Lipinski definition) is 3. The second kappa shape index (κ2) is 8.19. The van der Waals surface area contributed by atoms with Gasteiger partial charge in [0.1, 0.15) is 5.82 Å². The van der Waals surface area contributed by atoms with E-state index in [4.69, 9.17) is 11.6 Å². The van der Waals surface area contributed by atoms with Crippen molar-refractivity contribution in [3.8, 4) is 0 Å². The van der Waals surface area contributed by atoms with Gasteiger partial charge in [-0.15, -0.1) is 0 Å². The number of carbonyl (C=O) groups excluding carboxylic acids is 1.